The van der Waals surface area contributed by atoms with Crippen molar-refractivity contribution in [3.63, 3.8) is 0 Å². The van der Waals surface area contributed by atoms with Gasteiger partial charge >= 0.3 is 12.1 Å². The Morgan fingerprint density at radius 2 is 1.81 bits per heavy atom. The molecule has 27 heavy (non-hydrogen) atoms. The highest BCUT2D eigenvalue weighted by atomic mass is 16.5. The summed E-state index contributed by atoms with van der Waals surface area (Å²) in [6.07, 6.45) is 1.59. The first-order valence-corrected chi connectivity index (χ1v) is 9.10. The minimum atomic E-state index is -0.855. The number of hydrogen-bond acceptors (Lipinski definition) is 4. The summed E-state index contributed by atoms with van der Waals surface area (Å²) < 4.78 is 5.34. The number of rotatable bonds is 5. The molecular weight excluding hydrogens is 344 g/mol. The SMILES string of the molecule is Nc1cc(C(=O)OCc2ccccc2)ccc1CC1CCN(C(=O)O)CC1. The molecule has 0 unspecified atom stereocenters. The second kappa shape index (κ2) is 8.58. The molecular formula is C21H24N2O4. The van der Waals surface area contributed by atoms with Gasteiger partial charge in [0.25, 0.3) is 0 Å². The molecule has 2 aromatic rings. The van der Waals surface area contributed by atoms with Crippen molar-refractivity contribution < 1.29 is 19.4 Å². The lowest BCUT2D eigenvalue weighted by Gasteiger charge is -2.30. The molecule has 0 atom stereocenters. The van der Waals surface area contributed by atoms with Gasteiger partial charge in [0.15, 0.2) is 0 Å². The Labute approximate surface area is 158 Å². The molecule has 0 spiro atoms. The number of hydrogen-bond donors (Lipinski definition) is 2. The van der Waals surface area contributed by atoms with Crippen LogP contribution in [0.25, 0.3) is 0 Å². The van der Waals surface area contributed by atoms with Crippen LogP contribution in [0.1, 0.15) is 34.3 Å². The maximum Gasteiger partial charge on any atom is 0.407 e. The van der Waals surface area contributed by atoms with Crippen molar-refractivity contribution in [2.75, 3.05) is 18.8 Å². The summed E-state index contributed by atoms with van der Waals surface area (Å²) in [7, 11) is 0. The Morgan fingerprint density at radius 1 is 1.11 bits per heavy atom. The molecule has 3 N–H and O–H groups in total. The number of nitrogens with two attached hydrogens (primary N) is 1. The van der Waals surface area contributed by atoms with Crippen LogP contribution >= 0.6 is 0 Å². The van der Waals surface area contributed by atoms with Crippen LogP contribution in [0.5, 0.6) is 0 Å². The molecule has 0 aliphatic carbocycles. The van der Waals surface area contributed by atoms with Crippen LogP contribution < -0.4 is 5.73 Å². The Morgan fingerprint density at radius 3 is 2.44 bits per heavy atom. The number of amides is 1. The number of carbonyl (C=O) groups excluding carboxylic acids is 1. The maximum atomic E-state index is 12.2. The summed E-state index contributed by atoms with van der Waals surface area (Å²) >= 11 is 0. The molecule has 0 bridgehead atoms. The molecule has 6 heteroatoms. The normalized spacial score (nSPS) is 14.7. The Hall–Kier alpha value is -3.02. The van der Waals surface area contributed by atoms with Gasteiger partial charge in [-0.1, -0.05) is 36.4 Å². The maximum absolute atomic E-state index is 12.2. The zero-order chi connectivity index (χ0) is 19.2. The van der Waals surface area contributed by atoms with Crippen LogP contribution in [0.2, 0.25) is 0 Å². The molecule has 1 aliphatic heterocycles. The number of piperidine rings is 1. The minimum Gasteiger partial charge on any atom is -0.465 e. The van der Waals surface area contributed by atoms with E-state index in [4.69, 9.17) is 15.6 Å². The van der Waals surface area contributed by atoms with Crippen molar-refractivity contribution in [3.8, 4) is 0 Å². The molecule has 0 saturated carbocycles. The van der Waals surface area contributed by atoms with Crippen molar-refractivity contribution in [1.29, 1.82) is 0 Å². The van der Waals surface area contributed by atoms with Gasteiger partial charge in [0, 0.05) is 18.8 Å². The van der Waals surface area contributed by atoms with Gasteiger partial charge in [-0.05, 0) is 48.4 Å². The molecule has 0 aromatic heterocycles. The van der Waals surface area contributed by atoms with E-state index in [1.807, 2.05) is 36.4 Å². The van der Waals surface area contributed by atoms with Crippen LogP contribution in [-0.2, 0) is 17.8 Å². The minimum absolute atomic E-state index is 0.226. The summed E-state index contributed by atoms with van der Waals surface area (Å²) in [6, 6.07) is 14.8. The van der Waals surface area contributed by atoms with E-state index in [-0.39, 0.29) is 6.61 Å². The van der Waals surface area contributed by atoms with Gasteiger partial charge in [-0.3, -0.25) is 0 Å². The first-order chi connectivity index (χ1) is 13.0. The number of ether oxygens (including phenoxy) is 1. The van der Waals surface area contributed by atoms with Crippen LogP contribution in [0.4, 0.5) is 10.5 Å². The standard InChI is InChI=1S/C21H24N2O4/c22-19-13-18(20(24)27-14-16-4-2-1-3-5-16)7-6-17(19)12-15-8-10-23(11-9-15)21(25)26/h1-7,13,15H,8-12,14,22H2,(H,25,26). The van der Waals surface area contributed by atoms with Gasteiger partial charge in [-0.15, -0.1) is 0 Å². The highest BCUT2D eigenvalue weighted by molar-refractivity contribution is 5.90. The van der Waals surface area contributed by atoms with Crippen LogP contribution in [-0.4, -0.2) is 35.2 Å². The Kier molecular flexibility index (Phi) is 5.96. The first-order valence-electron chi connectivity index (χ1n) is 9.10. The molecule has 0 radical (unpaired) electrons. The van der Waals surface area contributed by atoms with Crippen LogP contribution in [0, 0.1) is 5.92 Å². The largest absolute Gasteiger partial charge is 0.465 e. The van der Waals surface area contributed by atoms with Crippen LogP contribution in [0.3, 0.4) is 0 Å². The van der Waals surface area contributed by atoms with Gasteiger partial charge in [0.1, 0.15) is 6.61 Å². The second-order valence-corrected chi connectivity index (χ2v) is 6.89. The van der Waals surface area contributed by atoms with E-state index in [2.05, 4.69) is 0 Å². The van der Waals surface area contributed by atoms with E-state index in [1.54, 1.807) is 12.1 Å². The Bertz CT molecular complexity index is 799. The molecule has 1 fully saturated rings. The van der Waals surface area contributed by atoms with E-state index in [1.165, 1.54) is 4.90 Å². The van der Waals surface area contributed by atoms with E-state index in [0.717, 1.165) is 30.4 Å². The predicted molar refractivity (Wildman–Crippen MR) is 102 cm³/mol. The van der Waals surface area contributed by atoms with Gasteiger partial charge < -0.3 is 20.5 Å². The van der Waals surface area contributed by atoms with Crippen molar-refractivity contribution >= 4 is 17.7 Å². The van der Waals surface area contributed by atoms with Crippen LogP contribution in [0.15, 0.2) is 48.5 Å². The fourth-order valence-corrected chi connectivity index (χ4v) is 3.35. The number of nitrogens with zero attached hydrogens (tertiary/aromatic N) is 1. The third kappa shape index (κ3) is 5.00. The number of anilines is 1. The van der Waals surface area contributed by atoms with Gasteiger partial charge in [-0.25, -0.2) is 9.59 Å². The van der Waals surface area contributed by atoms with E-state index >= 15 is 0 Å². The molecule has 2 aromatic carbocycles. The fourth-order valence-electron chi connectivity index (χ4n) is 3.35. The predicted octanol–water partition coefficient (Wildman–Crippen LogP) is 3.56. The summed E-state index contributed by atoms with van der Waals surface area (Å²) in [5.74, 6) is 0.00523. The highest BCUT2D eigenvalue weighted by Crippen LogP contribution is 2.25. The lowest BCUT2D eigenvalue weighted by atomic mass is 9.89. The van der Waals surface area contributed by atoms with Crippen molar-refractivity contribution in [2.24, 2.45) is 5.92 Å². The number of esters is 1. The topological polar surface area (TPSA) is 92.9 Å². The average molecular weight is 368 g/mol. The monoisotopic (exact) mass is 368 g/mol. The van der Waals surface area contributed by atoms with Crippen molar-refractivity contribution in [1.82, 2.24) is 4.90 Å². The first kappa shape index (κ1) is 18.8. The van der Waals surface area contributed by atoms with Gasteiger partial charge in [0.05, 0.1) is 5.56 Å². The van der Waals surface area contributed by atoms with Gasteiger partial charge in [0.2, 0.25) is 0 Å². The van der Waals surface area contributed by atoms with E-state index in [0.29, 0.717) is 30.3 Å². The number of carboxylic acid groups (broad SMARTS) is 1. The Balaban J connectivity index is 1.55. The molecule has 6 nitrogen and oxygen atoms in total. The zero-order valence-electron chi connectivity index (χ0n) is 15.1. The molecule has 1 aliphatic rings. The lowest BCUT2D eigenvalue weighted by molar-refractivity contribution is 0.0472. The molecule has 1 saturated heterocycles. The molecule has 1 heterocycles. The number of nitrogen functional groups attached to an aromatic ring is 1. The summed E-state index contributed by atoms with van der Waals surface area (Å²) in [4.78, 5) is 24.7. The summed E-state index contributed by atoms with van der Waals surface area (Å²) in [6.45, 7) is 1.34. The molecule has 1 amide bonds. The zero-order valence-corrected chi connectivity index (χ0v) is 15.1. The third-order valence-electron chi connectivity index (χ3n) is 4.99. The number of benzene rings is 2. The smallest absolute Gasteiger partial charge is 0.407 e. The van der Waals surface area contributed by atoms with Crippen molar-refractivity contribution in [3.05, 3.63) is 65.2 Å². The summed E-state index contributed by atoms with van der Waals surface area (Å²) in [5.41, 5.74) is 9.08. The average Bonchev–Trinajstić information content (AvgIpc) is 2.69. The van der Waals surface area contributed by atoms with E-state index < -0.39 is 12.1 Å². The van der Waals surface area contributed by atoms with Gasteiger partial charge in [-0.2, -0.15) is 0 Å². The fraction of sp³-hybridized carbons (Fsp3) is 0.333. The number of carbonyl (C=O) groups is 2. The third-order valence-corrected chi connectivity index (χ3v) is 4.99. The highest BCUT2D eigenvalue weighted by Gasteiger charge is 2.23. The molecule has 142 valence electrons. The molecule has 3 rings (SSSR count). The quantitative estimate of drug-likeness (QED) is 0.622. The van der Waals surface area contributed by atoms with E-state index in [9.17, 15) is 9.59 Å². The second-order valence-electron chi connectivity index (χ2n) is 6.89. The summed E-state index contributed by atoms with van der Waals surface area (Å²) in [5, 5.41) is 9.02. The lowest BCUT2D eigenvalue weighted by Crippen LogP contribution is -2.37. The van der Waals surface area contributed by atoms with Crippen molar-refractivity contribution in [2.45, 2.75) is 25.9 Å². The number of likely N-dealkylation sites (tertiary alicyclic amines) is 1.